The molecule has 2 aliphatic heterocycles. The van der Waals surface area contributed by atoms with Gasteiger partial charge in [0.1, 0.15) is 5.82 Å². The van der Waals surface area contributed by atoms with Crippen LogP contribution in [0, 0.1) is 5.82 Å². The number of hydrogen-bond donors (Lipinski definition) is 0. The largest absolute Gasteiger partial charge is 0.366 e. The van der Waals surface area contributed by atoms with Crippen molar-refractivity contribution >= 4 is 11.6 Å². The van der Waals surface area contributed by atoms with Gasteiger partial charge in [-0.25, -0.2) is 4.39 Å². The highest BCUT2D eigenvalue weighted by atomic mass is 19.1. The van der Waals surface area contributed by atoms with Crippen molar-refractivity contribution in [2.24, 2.45) is 0 Å². The minimum Gasteiger partial charge on any atom is -0.366 e. The monoisotopic (exact) mass is 333 g/mol. The number of amides is 1. The smallest absolute Gasteiger partial charge is 0.240 e. The molecule has 5 heteroatoms. The zero-order valence-electron chi connectivity index (χ0n) is 14.6. The second kappa shape index (κ2) is 7.97. The Morgan fingerprint density at radius 3 is 2.58 bits per heavy atom. The highest BCUT2D eigenvalue weighted by molar-refractivity contribution is 5.82. The molecule has 1 atom stereocenters. The standard InChI is InChI=1S/C19H28FN3O/c1-2-10-21-11-6-5-9-18(21)19(24)23-14-12-22(13-15-23)17-8-4-3-7-16(17)20/h3-4,7-8,18H,2,5-6,9-15H2,1H3. The molecule has 0 aliphatic carbocycles. The van der Waals surface area contributed by atoms with Gasteiger partial charge in [-0.3, -0.25) is 9.69 Å². The first-order chi connectivity index (χ1) is 11.7. The van der Waals surface area contributed by atoms with Crippen molar-refractivity contribution in [2.75, 3.05) is 44.2 Å². The summed E-state index contributed by atoms with van der Waals surface area (Å²) >= 11 is 0. The lowest BCUT2D eigenvalue weighted by atomic mass is 10.00. The van der Waals surface area contributed by atoms with E-state index in [2.05, 4.69) is 11.8 Å². The maximum Gasteiger partial charge on any atom is 0.240 e. The van der Waals surface area contributed by atoms with Crippen LogP contribution < -0.4 is 4.90 Å². The zero-order chi connectivity index (χ0) is 16.9. The number of carbonyl (C=O) groups is 1. The maximum absolute atomic E-state index is 13.9. The predicted molar refractivity (Wildman–Crippen MR) is 94.7 cm³/mol. The summed E-state index contributed by atoms with van der Waals surface area (Å²) in [6.07, 6.45) is 4.41. The van der Waals surface area contributed by atoms with E-state index in [0.717, 1.165) is 32.4 Å². The molecule has 2 saturated heterocycles. The number of likely N-dealkylation sites (tertiary alicyclic amines) is 1. The van der Waals surface area contributed by atoms with Crippen molar-refractivity contribution in [2.45, 2.75) is 38.6 Å². The number of para-hydroxylation sites is 1. The molecule has 0 radical (unpaired) electrons. The number of benzene rings is 1. The quantitative estimate of drug-likeness (QED) is 0.848. The molecule has 24 heavy (non-hydrogen) atoms. The average molecular weight is 333 g/mol. The number of rotatable bonds is 4. The summed E-state index contributed by atoms with van der Waals surface area (Å²) < 4.78 is 13.9. The third-order valence-electron chi connectivity index (χ3n) is 5.19. The molecule has 2 heterocycles. The molecular formula is C19H28FN3O. The molecule has 1 amide bonds. The van der Waals surface area contributed by atoms with E-state index in [-0.39, 0.29) is 17.8 Å². The van der Waals surface area contributed by atoms with E-state index >= 15 is 0 Å². The van der Waals surface area contributed by atoms with Gasteiger partial charge in [0.15, 0.2) is 0 Å². The highest BCUT2D eigenvalue weighted by Crippen LogP contribution is 2.23. The molecule has 1 aromatic carbocycles. The van der Waals surface area contributed by atoms with Crippen LogP contribution in [0.1, 0.15) is 32.6 Å². The molecule has 2 fully saturated rings. The molecule has 0 N–H and O–H groups in total. The molecule has 0 aromatic heterocycles. The molecule has 3 rings (SSSR count). The third kappa shape index (κ3) is 3.72. The van der Waals surface area contributed by atoms with E-state index in [0.29, 0.717) is 31.9 Å². The fraction of sp³-hybridized carbons (Fsp3) is 0.632. The van der Waals surface area contributed by atoms with E-state index in [1.54, 1.807) is 6.07 Å². The lowest BCUT2D eigenvalue weighted by molar-refractivity contribution is -0.138. The first-order valence-corrected chi connectivity index (χ1v) is 9.23. The van der Waals surface area contributed by atoms with Gasteiger partial charge in [-0.05, 0) is 44.5 Å². The van der Waals surface area contributed by atoms with Gasteiger partial charge in [0.25, 0.3) is 0 Å². The Morgan fingerprint density at radius 1 is 1.12 bits per heavy atom. The van der Waals surface area contributed by atoms with Gasteiger partial charge in [0.05, 0.1) is 11.7 Å². The Bertz CT molecular complexity index is 555. The van der Waals surface area contributed by atoms with Crippen molar-refractivity contribution < 1.29 is 9.18 Å². The normalized spacial score (nSPS) is 22.7. The first kappa shape index (κ1) is 17.2. The minimum absolute atomic E-state index is 0.0544. The molecule has 0 bridgehead atoms. The Morgan fingerprint density at radius 2 is 1.88 bits per heavy atom. The van der Waals surface area contributed by atoms with E-state index in [9.17, 15) is 9.18 Å². The molecule has 1 aromatic rings. The summed E-state index contributed by atoms with van der Waals surface area (Å²) in [7, 11) is 0. The lowest BCUT2D eigenvalue weighted by Crippen LogP contribution is -2.56. The second-order valence-electron chi connectivity index (χ2n) is 6.81. The summed E-state index contributed by atoms with van der Waals surface area (Å²) in [6.45, 7) is 6.99. The van der Waals surface area contributed by atoms with Crippen LogP contribution in [0.2, 0.25) is 0 Å². The third-order valence-corrected chi connectivity index (χ3v) is 5.19. The van der Waals surface area contributed by atoms with Crippen LogP contribution in [-0.4, -0.2) is 61.0 Å². The molecule has 0 spiro atoms. The summed E-state index contributed by atoms with van der Waals surface area (Å²) in [4.78, 5) is 19.3. The van der Waals surface area contributed by atoms with Gasteiger partial charge in [-0.15, -0.1) is 0 Å². The summed E-state index contributed by atoms with van der Waals surface area (Å²) in [5, 5.41) is 0. The lowest BCUT2D eigenvalue weighted by Gasteiger charge is -2.41. The van der Waals surface area contributed by atoms with Crippen molar-refractivity contribution in [3.63, 3.8) is 0 Å². The van der Waals surface area contributed by atoms with Gasteiger partial charge in [0, 0.05) is 26.2 Å². The summed E-state index contributed by atoms with van der Waals surface area (Å²) in [6, 6.07) is 6.94. The Kier molecular flexibility index (Phi) is 5.72. The molecule has 4 nitrogen and oxygen atoms in total. The fourth-order valence-corrected chi connectivity index (χ4v) is 3.91. The number of halogens is 1. The van der Waals surface area contributed by atoms with E-state index < -0.39 is 0 Å². The molecule has 132 valence electrons. The number of anilines is 1. The summed E-state index contributed by atoms with van der Waals surface area (Å²) in [5.41, 5.74) is 0.648. The van der Waals surface area contributed by atoms with Crippen molar-refractivity contribution in [1.82, 2.24) is 9.80 Å². The topological polar surface area (TPSA) is 26.8 Å². The van der Waals surface area contributed by atoms with E-state index in [1.807, 2.05) is 21.9 Å². The SMILES string of the molecule is CCCN1CCCCC1C(=O)N1CCN(c2ccccc2F)CC1. The number of nitrogens with zero attached hydrogens (tertiary/aromatic N) is 3. The number of piperazine rings is 1. The van der Waals surface area contributed by atoms with Crippen LogP contribution >= 0.6 is 0 Å². The Balaban J connectivity index is 1.59. The van der Waals surface area contributed by atoms with Crippen LogP contribution in [0.25, 0.3) is 0 Å². The van der Waals surface area contributed by atoms with Crippen molar-refractivity contribution in [1.29, 1.82) is 0 Å². The molecule has 1 unspecified atom stereocenters. The summed E-state index contributed by atoms with van der Waals surface area (Å²) in [5.74, 6) is 0.0926. The van der Waals surface area contributed by atoms with Crippen LogP contribution in [0.3, 0.4) is 0 Å². The second-order valence-corrected chi connectivity index (χ2v) is 6.81. The van der Waals surface area contributed by atoms with Gasteiger partial charge < -0.3 is 9.80 Å². The predicted octanol–water partition coefficient (Wildman–Crippen LogP) is 2.74. The maximum atomic E-state index is 13.9. The van der Waals surface area contributed by atoms with E-state index in [1.165, 1.54) is 12.5 Å². The van der Waals surface area contributed by atoms with Gasteiger partial charge in [-0.2, -0.15) is 0 Å². The average Bonchev–Trinajstić information content (AvgIpc) is 2.63. The van der Waals surface area contributed by atoms with Crippen LogP contribution in [0.15, 0.2) is 24.3 Å². The zero-order valence-corrected chi connectivity index (χ0v) is 14.6. The Labute approximate surface area is 144 Å². The number of hydrogen-bond acceptors (Lipinski definition) is 3. The van der Waals surface area contributed by atoms with Crippen LogP contribution in [0.5, 0.6) is 0 Å². The molecule has 0 saturated carbocycles. The van der Waals surface area contributed by atoms with Gasteiger partial charge >= 0.3 is 0 Å². The molecule has 2 aliphatic rings. The first-order valence-electron chi connectivity index (χ1n) is 9.23. The molecular weight excluding hydrogens is 305 g/mol. The van der Waals surface area contributed by atoms with E-state index in [4.69, 9.17) is 0 Å². The van der Waals surface area contributed by atoms with Crippen LogP contribution in [-0.2, 0) is 4.79 Å². The minimum atomic E-state index is -0.182. The van der Waals surface area contributed by atoms with Gasteiger partial charge in [0.2, 0.25) is 5.91 Å². The van der Waals surface area contributed by atoms with Gasteiger partial charge in [-0.1, -0.05) is 25.5 Å². The van der Waals surface area contributed by atoms with Crippen molar-refractivity contribution in [3.05, 3.63) is 30.1 Å². The fourth-order valence-electron chi connectivity index (χ4n) is 3.91. The Hall–Kier alpha value is -1.62. The highest BCUT2D eigenvalue weighted by Gasteiger charge is 2.33. The van der Waals surface area contributed by atoms with Crippen molar-refractivity contribution in [3.8, 4) is 0 Å². The van der Waals surface area contributed by atoms with Crippen LogP contribution in [0.4, 0.5) is 10.1 Å². The number of piperidine rings is 1. The number of carbonyl (C=O) groups excluding carboxylic acids is 1.